The first-order chi connectivity index (χ1) is 10.6. The molecule has 0 rings (SSSR count). The van der Waals surface area contributed by atoms with Crippen LogP contribution in [0.2, 0.25) is 0 Å². The van der Waals surface area contributed by atoms with E-state index in [1.54, 1.807) is 0 Å². The van der Waals surface area contributed by atoms with Crippen LogP contribution in [0.1, 0.15) is 6.42 Å². The molecule has 0 radical (unpaired) electrons. The third kappa shape index (κ3) is 11.5. The first-order valence-corrected chi connectivity index (χ1v) is 10.3. The third-order valence-electron chi connectivity index (χ3n) is 2.52. The zero-order valence-electron chi connectivity index (χ0n) is 12.6. The van der Waals surface area contributed by atoms with Gasteiger partial charge in [0.2, 0.25) is 0 Å². The molecule has 8 nitrogen and oxygen atoms in total. The molecule has 0 aliphatic carbocycles. The van der Waals surface area contributed by atoms with Gasteiger partial charge in [0.15, 0.2) is 19.7 Å². The van der Waals surface area contributed by atoms with Crippen molar-refractivity contribution < 1.29 is 35.9 Å². The molecule has 0 aromatic heterocycles. The Balaban J connectivity index is 4.15. The summed E-state index contributed by atoms with van der Waals surface area (Å²) in [4.78, 5) is 21.5. The topological polar surface area (TPSA) is 121 Å². The van der Waals surface area contributed by atoms with Gasteiger partial charge in [0.25, 0.3) is 0 Å². The first-order valence-electron chi connectivity index (χ1n) is 6.61. The molecule has 0 unspecified atom stereocenters. The quantitative estimate of drug-likeness (QED) is 0.261. The Morgan fingerprint density at radius 1 is 0.739 bits per heavy atom. The molecule has 0 heterocycles. The minimum absolute atomic E-state index is 0.0684. The Kier molecular flexibility index (Phi) is 9.42. The van der Waals surface area contributed by atoms with E-state index < -0.39 is 48.9 Å². The van der Waals surface area contributed by atoms with Gasteiger partial charge in [0.1, 0.15) is 6.61 Å². The average molecular weight is 368 g/mol. The maximum absolute atomic E-state index is 11.7. The molecule has 0 aromatic carbocycles. The van der Waals surface area contributed by atoms with Gasteiger partial charge in [0.05, 0.1) is 29.6 Å². The van der Waals surface area contributed by atoms with Crippen molar-refractivity contribution in [3.05, 3.63) is 25.3 Å². The number of sulfone groups is 2. The number of hydrogen-bond acceptors (Lipinski definition) is 8. The van der Waals surface area contributed by atoms with Crippen LogP contribution in [0.4, 0.5) is 0 Å². The molecular weight excluding hydrogens is 348 g/mol. The van der Waals surface area contributed by atoms with Gasteiger partial charge < -0.3 is 9.47 Å². The summed E-state index contributed by atoms with van der Waals surface area (Å²) < 4.78 is 55.8. The molecule has 0 atom stereocenters. The fourth-order valence-corrected chi connectivity index (χ4v) is 4.63. The van der Waals surface area contributed by atoms with Crippen LogP contribution in [0.15, 0.2) is 25.3 Å². The van der Waals surface area contributed by atoms with Gasteiger partial charge in [-0.05, 0) is 6.42 Å². The minimum atomic E-state index is -3.66. The lowest BCUT2D eigenvalue weighted by molar-refractivity contribution is -0.138. The van der Waals surface area contributed by atoms with Crippen molar-refractivity contribution in [2.24, 2.45) is 0 Å². The number of ether oxygens (including phenoxy) is 2. The average Bonchev–Trinajstić information content (AvgIpc) is 2.49. The number of hydrogen-bond donors (Lipinski definition) is 0. The van der Waals surface area contributed by atoms with E-state index in [0.717, 1.165) is 12.2 Å². The third-order valence-corrected chi connectivity index (χ3v) is 6.13. The van der Waals surface area contributed by atoms with E-state index in [-0.39, 0.29) is 25.4 Å². The van der Waals surface area contributed by atoms with Crippen LogP contribution < -0.4 is 0 Å². The van der Waals surface area contributed by atoms with Crippen molar-refractivity contribution in [1.29, 1.82) is 0 Å². The second-order valence-corrected chi connectivity index (χ2v) is 9.01. The molecule has 10 heteroatoms. The summed E-state index contributed by atoms with van der Waals surface area (Å²) in [6, 6.07) is 0. The molecule has 0 aliphatic heterocycles. The van der Waals surface area contributed by atoms with Gasteiger partial charge in [-0.2, -0.15) is 0 Å². The Morgan fingerprint density at radius 2 is 1.17 bits per heavy atom. The molecule has 0 saturated heterocycles. The van der Waals surface area contributed by atoms with Gasteiger partial charge >= 0.3 is 11.9 Å². The van der Waals surface area contributed by atoms with E-state index in [9.17, 15) is 26.4 Å². The Bertz CT molecular complexity index is 631. The highest BCUT2D eigenvalue weighted by Gasteiger charge is 2.18. The lowest BCUT2D eigenvalue weighted by atomic mass is 10.5. The summed E-state index contributed by atoms with van der Waals surface area (Å²) in [5.41, 5.74) is 0. The van der Waals surface area contributed by atoms with Gasteiger partial charge in [-0.3, -0.25) is 0 Å². The van der Waals surface area contributed by atoms with Crippen molar-refractivity contribution in [1.82, 2.24) is 0 Å². The zero-order chi connectivity index (χ0) is 17.9. The highest BCUT2D eigenvalue weighted by atomic mass is 32.2. The van der Waals surface area contributed by atoms with Crippen LogP contribution in [0.25, 0.3) is 0 Å². The monoisotopic (exact) mass is 368 g/mol. The molecule has 0 bridgehead atoms. The van der Waals surface area contributed by atoms with Crippen LogP contribution in [0, 0.1) is 0 Å². The van der Waals surface area contributed by atoms with Crippen LogP contribution in [-0.4, -0.2) is 65.0 Å². The standard InChI is InChI=1S/C13H20O8S2/c1-3-12(14)20-6-5-8-22(16,17)10-11-23(18,19)9-7-21-13(15)4-2/h3-4H,1-2,5-11H2. The molecule has 0 spiro atoms. The fourth-order valence-electron chi connectivity index (χ4n) is 1.30. The van der Waals surface area contributed by atoms with E-state index in [4.69, 9.17) is 0 Å². The largest absolute Gasteiger partial charge is 0.463 e. The minimum Gasteiger partial charge on any atom is -0.463 e. The lowest BCUT2D eigenvalue weighted by Gasteiger charge is -2.06. The van der Waals surface area contributed by atoms with Crippen molar-refractivity contribution in [2.75, 3.05) is 36.2 Å². The second kappa shape index (κ2) is 10.2. The SMILES string of the molecule is C=CC(=O)OCCCS(=O)(=O)CCS(=O)(=O)CCOC(=O)C=C. The smallest absolute Gasteiger partial charge is 0.330 e. The molecule has 23 heavy (non-hydrogen) atoms. The summed E-state index contributed by atoms with van der Waals surface area (Å²) in [6.45, 7) is 5.90. The van der Waals surface area contributed by atoms with Gasteiger partial charge in [-0.1, -0.05) is 13.2 Å². The predicted octanol–water partition coefficient (Wildman–Crippen LogP) is -0.335. The normalized spacial score (nSPS) is 11.5. The van der Waals surface area contributed by atoms with Crippen molar-refractivity contribution in [3.63, 3.8) is 0 Å². The Hall–Kier alpha value is -1.68. The molecule has 0 aliphatic rings. The highest BCUT2D eigenvalue weighted by Crippen LogP contribution is 2.00. The van der Waals surface area contributed by atoms with Crippen molar-refractivity contribution >= 4 is 31.6 Å². The number of esters is 2. The first kappa shape index (κ1) is 21.3. The van der Waals surface area contributed by atoms with E-state index in [1.807, 2.05) is 0 Å². The zero-order valence-corrected chi connectivity index (χ0v) is 14.2. The molecule has 0 aromatic rings. The molecule has 0 amide bonds. The van der Waals surface area contributed by atoms with Crippen LogP contribution in [0.3, 0.4) is 0 Å². The Morgan fingerprint density at radius 3 is 1.65 bits per heavy atom. The van der Waals surface area contributed by atoms with Gasteiger partial charge in [0, 0.05) is 12.2 Å². The maximum atomic E-state index is 11.7. The second-order valence-electron chi connectivity index (χ2n) is 4.40. The maximum Gasteiger partial charge on any atom is 0.330 e. The number of rotatable bonds is 12. The van der Waals surface area contributed by atoms with E-state index in [0.29, 0.717) is 0 Å². The van der Waals surface area contributed by atoms with Crippen molar-refractivity contribution in [3.8, 4) is 0 Å². The number of carbonyl (C=O) groups is 2. The van der Waals surface area contributed by atoms with Crippen molar-refractivity contribution in [2.45, 2.75) is 6.42 Å². The van der Waals surface area contributed by atoms with E-state index in [2.05, 4.69) is 22.6 Å². The summed E-state index contributed by atoms with van der Waals surface area (Å²) in [7, 11) is -7.24. The van der Waals surface area contributed by atoms with Crippen LogP contribution in [-0.2, 0) is 38.7 Å². The summed E-state index contributed by atoms with van der Waals surface area (Å²) in [5.74, 6) is -3.26. The highest BCUT2D eigenvalue weighted by molar-refractivity contribution is 7.95. The van der Waals surface area contributed by atoms with E-state index >= 15 is 0 Å². The molecule has 0 fully saturated rings. The summed E-state index contributed by atoms with van der Waals surface area (Å²) in [6.07, 6.45) is 1.93. The van der Waals surface area contributed by atoms with Crippen LogP contribution >= 0.6 is 0 Å². The fraction of sp³-hybridized carbons (Fsp3) is 0.538. The summed E-state index contributed by atoms with van der Waals surface area (Å²) in [5, 5.41) is 0. The van der Waals surface area contributed by atoms with Crippen LogP contribution in [0.5, 0.6) is 0 Å². The van der Waals surface area contributed by atoms with E-state index in [1.165, 1.54) is 0 Å². The summed E-state index contributed by atoms with van der Waals surface area (Å²) >= 11 is 0. The Labute approximate surface area is 136 Å². The molecule has 0 N–H and O–H groups in total. The van der Waals surface area contributed by atoms with Gasteiger partial charge in [-0.25, -0.2) is 26.4 Å². The lowest BCUT2D eigenvalue weighted by Crippen LogP contribution is -2.24. The van der Waals surface area contributed by atoms with Gasteiger partial charge in [-0.15, -0.1) is 0 Å². The predicted molar refractivity (Wildman–Crippen MR) is 84.2 cm³/mol. The molecular formula is C13H20O8S2. The molecule has 132 valence electrons. The molecule has 0 saturated carbocycles. The number of carbonyl (C=O) groups excluding carboxylic acids is 2.